The van der Waals surface area contributed by atoms with E-state index < -0.39 is 0 Å². The highest BCUT2D eigenvalue weighted by molar-refractivity contribution is 7.20. The SMILES string of the molecule is CCCCNC(=O)c1sc2ncn(CC(=O)N3CC(C)CC(C)C3)c(=O)c2c1C. The van der Waals surface area contributed by atoms with Gasteiger partial charge in [-0.3, -0.25) is 19.0 Å². The van der Waals surface area contributed by atoms with Crippen molar-refractivity contribution in [3.05, 3.63) is 27.1 Å². The van der Waals surface area contributed by atoms with Gasteiger partial charge in [-0.25, -0.2) is 4.98 Å². The Balaban J connectivity index is 1.82. The average Bonchev–Trinajstić information content (AvgIpc) is 3.00. The van der Waals surface area contributed by atoms with Crippen molar-refractivity contribution in [2.75, 3.05) is 19.6 Å². The van der Waals surface area contributed by atoms with Crippen LogP contribution in [0.1, 0.15) is 55.3 Å². The van der Waals surface area contributed by atoms with Crippen LogP contribution in [0.25, 0.3) is 10.2 Å². The van der Waals surface area contributed by atoms with Crippen molar-refractivity contribution < 1.29 is 9.59 Å². The van der Waals surface area contributed by atoms with Gasteiger partial charge in [0.25, 0.3) is 11.5 Å². The van der Waals surface area contributed by atoms with Gasteiger partial charge in [-0.15, -0.1) is 11.3 Å². The number of piperidine rings is 1. The number of nitrogens with zero attached hydrogens (tertiary/aromatic N) is 3. The molecule has 3 rings (SSSR count). The topological polar surface area (TPSA) is 84.3 Å². The largest absolute Gasteiger partial charge is 0.351 e. The Bertz CT molecular complexity index is 955. The van der Waals surface area contributed by atoms with Crippen LogP contribution in [0, 0.1) is 18.8 Å². The van der Waals surface area contributed by atoms with Crippen molar-refractivity contribution in [2.24, 2.45) is 11.8 Å². The van der Waals surface area contributed by atoms with E-state index in [1.165, 1.54) is 22.2 Å². The maximum absolute atomic E-state index is 13.0. The zero-order chi connectivity index (χ0) is 21.1. The van der Waals surface area contributed by atoms with Gasteiger partial charge >= 0.3 is 0 Å². The highest BCUT2D eigenvalue weighted by Crippen LogP contribution is 2.27. The van der Waals surface area contributed by atoms with E-state index in [0.717, 1.165) is 32.4 Å². The number of hydrogen-bond donors (Lipinski definition) is 1. The predicted octanol–water partition coefficient (Wildman–Crippen LogP) is 2.80. The molecule has 0 aromatic carbocycles. The highest BCUT2D eigenvalue weighted by Gasteiger charge is 2.26. The third kappa shape index (κ3) is 4.69. The second kappa shape index (κ2) is 9.07. The lowest BCUT2D eigenvalue weighted by molar-refractivity contribution is -0.134. The highest BCUT2D eigenvalue weighted by atomic mass is 32.1. The van der Waals surface area contributed by atoms with Crippen molar-refractivity contribution in [3.8, 4) is 0 Å². The minimum Gasteiger partial charge on any atom is -0.351 e. The summed E-state index contributed by atoms with van der Waals surface area (Å²) in [7, 11) is 0. The summed E-state index contributed by atoms with van der Waals surface area (Å²) in [5, 5.41) is 3.33. The molecule has 0 saturated carbocycles. The fraction of sp³-hybridized carbons (Fsp3) is 0.619. The van der Waals surface area contributed by atoms with Gasteiger partial charge in [0.2, 0.25) is 5.91 Å². The molecule has 2 unspecified atom stereocenters. The van der Waals surface area contributed by atoms with Crippen molar-refractivity contribution >= 4 is 33.4 Å². The van der Waals surface area contributed by atoms with Crippen LogP contribution in [0.5, 0.6) is 0 Å². The second-order valence-corrected chi connectivity index (χ2v) is 9.27. The molecule has 3 heterocycles. The van der Waals surface area contributed by atoms with E-state index in [2.05, 4.69) is 31.1 Å². The van der Waals surface area contributed by atoms with E-state index in [9.17, 15) is 14.4 Å². The number of aryl methyl sites for hydroxylation is 1. The van der Waals surface area contributed by atoms with E-state index in [0.29, 0.717) is 39.0 Å². The lowest BCUT2D eigenvalue weighted by atomic mass is 9.92. The molecular formula is C21H30N4O3S. The summed E-state index contributed by atoms with van der Waals surface area (Å²) in [6, 6.07) is 0. The molecule has 1 aliphatic rings. The van der Waals surface area contributed by atoms with E-state index >= 15 is 0 Å². The van der Waals surface area contributed by atoms with Crippen LogP contribution in [-0.2, 0) is 11.3 Å². The van der Waals surface area contributed by atoms with Gasteiger partial charge < -0.3 is 10.2 Å². The number of nitrogens with one attached hydrogen (secondary N) is 1. The quantitative estimate of drug-likeness (QED) is 0.731. The molecule has 0 aliphatic carbocycles. The van der Waals surface area contributed by atoms with Gasteiger partial charge in [0.15, 0.2) is 0 Å². The summed E-state index contributed by atoms with van der Waals surface area (Å²) >= 11 is 1.23. The number of thiophene rings is 1. The van der Waals surface area contributed by atoms with E-state index in [-0.39, 0.29) is 23.9 Å². The summed E-state index contributed by atoms with van der Waals surface area (Å²) in [4.78, 5) is 45.5. The molecule has 2 aromatic heterocycles. The normalized spacial score (nSPS) is 19.5. The summed E-state index contributed by atoms with van der Waals surface area (Å²) in [5.41, 5.74) is 0.376. The van der Waals surface area contributed by atoms with Crippen molar-refractivity contribution in [3.63, 3.8) is 0 Å². The van der Waals surface area contributed by atoms with Crippen LogP contribution in [0.2, 0.25) is 0 Å². The number of aromatic nitrogens is 2. The van der Waals surface area contributed by atoms with Crippen LogP contribution >= 0.6 is 11.3 Å². The third-order valence-electron chi connectivity index (χ3n) is 5.47. The smallest absolute Gasteiger partial charge is 0.262 e. The van der Waals surface area contributed by atoms with Crippen LogP contribution in [-0.4, -0.2) is 45.9 Å². The van der Waals surface area contributed by atoms with Gasteiger partial charge in [-0.1, -0.05) is 27.2 Å². The number of rotatable bonds is 6. The number of carbonyl (C=O) groups is 2. The first-order valence-electron chi connectivity index (χ1n) is 10.4. The predicted molar refractivity (Wildman–Crippen MR) is 115 cm³/mol. The molecule has 7 nitrogen and oxygen atoms in total. The Labute approximate surface area is 175 Å². The zero-order valence-electron chi connectivity index (χ0n) is 17.7. The van der Waals surface area contributed by atoms with Crippen LogP contribution in [0.4, 0.5) is 0 Å². The summed E-state index contributed by atoms with van der Waals surface area (Å²) in [6.07, 6.45) is 4.46. The standard InChI is InChI=1S/C21H30N4O3S/c1-5-6-7-22-19(27)18-15(4)17-20(29-18)23-12-25(21(17)28)11-16(26)24-9-13(2)8-14(3)10-24/h12-14H,5-11H2,1-4H3,(H,22,27). The first kappa shape index (κ1) is 21.5. The van der Waals surface area contributed by atoms with Crippen LogP contribution < -0.4 is 10.9 Å². The molecule has 1 N–H and O–H groups in total. The molecule has 158 valence electrons. The van der Waals surface area contributed by atoms with E-state index in [1.807, 2.05) is 4.90 Å². The molecule has 2 atom stereocenters. The number of carbonyl (C=O) groups excluding carboxylic acids is 2. The first-order valence-corrected chi connectivity index (χ1v) is 11.2. The molecule has 0 bridgehead atoms. The molecule has 1 saturated heterocycles. The fourth-order valence-corrected chi connectivity index (χ4v) is 5.12. The van der Waals surface area contributed by atoms with Crippen molar-refractivity contribution in [2.45, 2.75) is 53.5 Å². The monoisotopic (exact) mass is 418 g/mol. The van der Waals surface area contributed by atoms with Gasteiger partial charge in [0.1, 0.15) is 11.4 Å². The maximum atomic E-state index is 13.0. The Hall–Kier alpha value is -2.22. The van der Waals surface area contributed by atoms with Crippen LogP contribution in [0.3, 0.4) is 0 Å². The Morgan fingerprint density at radius 3 is 2.62 bits per heavy atom. The molecule has 29 heavy (non-hydrogen) atoms. The van der Waals surface area contributed by atoms with Gasteiger partial charge in [-0.05, 0) is 37.2 Å². The second-order valence-electron chi connectivity index (χ2n) is 8.27. The van der Waals surface area contributed by atoms with Crippen molar-refractivity contribution in [1.82, 2.24) is 19.8 Å². The zero-order valence-corrected chi connectivity index (χ0v) is 18.5. The number of amides is 2. The number of likely N-dealkylation sites (tertiary alicyclic amines) is 1. The molecule has 1 aliphatic heterocycles. The fourth-order valence-electron chi connectivity index (χ4n) is 4.06. The Kier molecular flexibility index (Phi) is 6.72. The molecule has 1 fully saturated rings. The Morgan fingerprint density at radius 2 is 1.97 bits per heavy atom. The summed E-state index contributed by atoms with van der Waals surface area (Å²) in [5.74, 6) is 0.704. The van der Waals surface area contributed by atoms with Gasteiger partial charge in [-0.2, -0.15) is 0 Å². The molecule has 2 amide bonds. The number of unbranched alkanes of at least 4 members (excludes halogenated alkanes) is 1. The first-order chi connectivity index (χ1) is 13.8. The summed E-state index contributed by atoms with van der Waals surface area (Å²) < 4.78 is 1.37. The summed E-state index contributed by atoms with van der Waals surface area (Å²) in [6.45, 7) is 10.2. The third-order valence-corrected chi connectivity index (χ3v) is 6.67. The number of fused-ring (bicyclic) bond motifs is 1. The average molecular weight is 419 g/mol. The molecule has 8 heteroatoms. The lowest BCUT2D eigenvalue weighted by Crippen LogP contribution is -2.44. The minimum absolute atomic E-state index is 0.0193. The van der Waals surface area contributed by atoms with E-state index in [1.54, 1.807) is 6.92 Å². The number of hydrogen-bond acceptors (Lipinski definition) is 5. The minimum atomic E-state index is -0.261. The van der Waals surface area contributed by atoms with E-state index in [4.69, 9.17) is 0 Å². The molecule has 2 aromatic rings. The maximum Gasteiger partial charge on any atom is 0.262 e. The molecule has 0 spiro atoms. The van der Waals surface area contributed by atoms with Crippen molar-refractivity contribution in [1.29, 1.82) is 0 Å². The van der Waals surface area contributed by atoms with Gasteiger partial charge in [0.05, 0.1) is 16.6 Å². The lowest BCUT2D eigenvalue weighted by Gasteiger charge is -2.35. The van der Waals surface area contributed by atoms with Crippen LogP contribution in [0.15, 0.2) is 11.1 Å². The Morgan fingerprint density at radius 1 is 1.28 bits per heavy atom. The van der Waals surface area contributed by atoms with Gasteiger partial charge in [0, 0.05) is 19.6 Å². The molecule has 0 radical (unpaired) electrons. The molecular weight excluding hydrogens is 388 g/mol.